The number of benzene rings is 2. The fraction of sp³-hybridized carbons (Fsp3) is 0.391. The summed E-state index contributed by atoms with van der Waals surface area (Å²) in [6.07, 6.45) is 0.351. The number of nitrogens with one attached hydrogen (secondary N) is 1. The van der Waals surface area contributed by atoms with Crippen molar-refractivity contribution in [3.8, 4) is 0 Å². The first-order valence-electron chi connectivity index (χ1n) is 9.93. The van der Waals surface area contributed by atoms with Crippen LogP contribution in [0.3, 0.4) is 0 Å². The number of hydrogen-bond acceptors (Lipinski definition) is 3. The molecule has 0 unspecified atom stereocenters. The van der Waals surface area contributed by atoms with Crippen molar-refractivity contribution in [1.82, 2.24) is 15.1 Å². The number of amides is 2. The molecule has 1 aliphatic rings. The van der Waals surface area contributed by atoms with Crippen LogP contribution >= 0.6 is 0 Å². The minimum Gasteiger partial charge on any atom is -0.340 e. The Hall–Kier alpha value is -2.66. The van der Waals surface area contributed by atoms with E-state index >= 15 is 0 Å². The Labute approximate surface area is 167 Å². The van der Waals surface area contributed by atoms with Crippen molar-refractivity contribution >= 4 is 11.8 Å². The number of aryl methyl sites for hydroxylation is 2. The maximum Gasteiger partial charge on any atom is 0.254 e. The standard InChI is InChI=1S/C23H29N3O2/c1-18-5-3-7-20(15-18)17-26(23(28)21-8-4-6-19(2)16-21)12-9-22(27)25-13-10-24-11-14-25/h3-8,15-16,24H,9-14,17H2,1-2H3. The Morgan fingerprint density at radius 3 is 2.36 bits per heavy atom. The second kappa shape index (κ2) is 9.51. The van der Waals surface area contributed by atoms with E-state index in [0.717, 1.165) is 42.9 Å². The Balaban J connectivity index is 1.73. The van der Waals surface area contributed by atoms with Crippen LogP contribution in [0.4, 0.5) is 0 Å². The van der Waals surface area contributed by atoms with Crippen LogP contribution in [0.5, 0.6) is 0 Å². The van der Waals surface area contributed by atoms with Crippen LogP contribution in [-0.2, 0) is 11.3 Å². The van der Waals surface area contributed by atoms with Crippen LogP contribution in [0.15, 0.2) is 48.5 Å². The van der Waals surface area contributed by atoms with Gasteiger partial charge in [0, 0.05) is 51.3 Å². The van der Waals surface area contributed by atoms with Gasteiger partial charge in [-0.05, 0) is 31.5 Å². The monoisotopic (exact) mass is 379 g/mol. The summed E-state index contributed by atoms with van der Waals surface area (Å²) in [5.74, 6) is 0.0890. The zero-order valence-electron chi connectivity index (χ0n) is 16.8. The fourth-order valence-corrected chi connectivity index (χ4v) is 3.55. The molecule has 0 saturated carbocycles. The van der Waals surface area contributed by atoms with Crippen molar-refractivity contribution in [2.45, 2.75) is 26.8 Å². The van der Waals surface area contributed by atoms with Gasteiger partial charge >= 0.3 is 0 Å². The molecule has 148 valence electrons. The van der Waals surface area contributed by atoms with Crippen LogP contribution in [0.1, 0.15) is 33.5 Å². The third kappa shape index (κ3) is 5.42. The van der Waals surface area contributed by atoms with Gasteiger partial charge in [-0.15, -0.1) is 0 Å². The molecule has 1 fully saturated rings. The molecule has 0 atom stereocenters. The van der Waals surface area contributed by atoms with Gasteiger partial charge in [0.15, 0.2) is 0 Å². The molecule has 2 amide bonds. The number of nitrogens with zero attached hydrogens (tertiary/aromatic N) is 2. The molecule has 3 rings (SSSR count). The molecule has 1 N–H and O–H groups in total. The van der Waals surface area contributed by atoms with E-state index in [1.807, 2.05) is 61.2 Å². The summed E-state index contributed by atoms with van der Waals surface area (Å²) >= 11 is 0. The molecule has 0 spiro atoms. The molecule has 1 aliphatic heterocycles. The van der Waals surface area contributed by atoms with Crippen LogP contribution in [0, 0.1) is 13.8 Å². The average Bonchev–Trinajstić information content (AvgIpc) is 2.71. The molecular formula is C23H29N3O2. The van der Waals surface area contributed by atoms with Gasteiger partial charge in [-0.25, -0.2) is 0 Å². The second-order valence-electron chi connectivity index (χ2n) is 7.47. The van der Waals surface area contributed by atoms with E-state index in [0.29, 0.717) is 25.1 Å². The molecule has 2 aromatic rings. The highest BCUT2D eigenvalue weighted by Crippen LogP contribution is 2.14. The minimum absolute atomic E-state index is 0.0293. The average molecular weight is 380 g/mol. The predicted octanol–water partition coefficient (Wildman–Crippen LogP) is 2.77. The van der Waals surface area contributed by atoms with Gasteiger partial charge in [-0.2, -0.15) is 0 Å². The van der Waals surface area contributed by atoms with Crippen LogP contribution in [0.2, 0.25) is 0 Å². The van der Waals surface area contributed by atoms with E-state index < -0.39 is 0 Å². The highest BCUT2D eigenvalue weighted by molar-refractivity contribution is 5.94. The molecule has 0 aliphatic carbocycles. The summed E-state index contributed by atoms with van der Waals surface area (Å²) in [5, 5.41) is 3.26. The van der Waals surface area contributed by atoms with E-state index in [1.54, 1.807) is 4.90 Å². The minimum atomic E-state index is -0.0293. The predicted molar refractivity (Wildman–Crippen MR) is 111 cm³/mol. The van der Waals surface area contributed by atoms with E-state index in [1.165, 1.54) is 0 Å². The molecule has 0 radical (unpaired) electrons. The summed E-state index contributed by atoms with van der Waals surface area (Å²) in [4.78, 5) is 29.4. The molecular weight excluding hydrogens is 350 g/mol. The van der Waals surface area contributed by atoms with Crippen molar-refractivity contribution in [3.05, 3.63) is 70.8 Å². The number of rotatable bonds is 6. The lowest BCUT2D eigenvalue weighted by atomic mass is 10.1. The normalized spacial score (nSPS) is 14.0. The van der Waals surface area contributed by atoms with Gasteiger partial charge in [0.25, 0.3) is 5.91 Å². The lowest BCUT2D eigenvalue weighted by Gasteiger charge is -2.29. The highest BCUT2D eigenvalue weighted by atomic mass is 16.2. The van der Waals surface area contributed by atoms with E-state index in [2.05, 4.69) is 11.4 Å². The van der Waals surface area contributed by atoms with Crippen LogP contribution in [-0.4, -0.2) is 54.3 Å². The Morgan fingerprint density at radius 1 is 1.00 bits per heavy atom. The molecule has 28 heavy (non-hydrogen) atoms. The van der Waals surface area contributed by atoms with Crippen molar-refractivity contribution < 1.29 is 9.59 Å². The number of hydrogen-bond donors (Lipinski definition) is 1. The zero-order chi connectivity index (χ0) is 19.9. The van der Waals surface area contributed by atoms with Gasteiger partial charge < -0.3 is 15.1 Å². The molecule has 2 aromatic carbocycles. The number of piperazine rings is 1. The molecule has 1 saturated heterocycles. The SMILES string of the molecule is Cc1cccc(CN(CCC(=O)N2CCNCC2)C(=O)c2cccc(C)c2)c1. The van der Waals surface area contributed by atoms with Crippen molar-refractivity contribution in [1.29, 1.82) is 0 Å². The topological polar surface area (TPSA) is 52.7 Å². The number of carbonyl (C=O) groups is 2. The molecule has 5 heteroatoms. The summed E-state index contributed by atoms with van der Waals surface area (Å²) < 4.78 is 0. The maximum atomic E-state index is 13.2. The third-order valence-electron chi connectivity index (χ3n) is 5.07. The Morgan fingerprint density at radius 2 is 1.68 bits per heavy atom. The van der Waals surface area contributed by atoms with E-state index in [4.69, 9.17) is 0 Å². The summed E-state index contributed by atoms with van der Waals surface area (Å²) in [6, 6.07) is 15.8. The van der Waals surface area contributed by atoms with E-state index in [-0.39, 0.29) is 11.8 Å². The second-order valence-corrected chi connectivity index (χ2v) is 7.47. The fourth-order valence-electron chi connectivity index (χ4n) is 3.55. The zero-order valence-corrected chi connectivity index (χ0v) is 16.8. The highest BCUT2D eigenvalue weighted by Gasteiger charge is 2.21. The van der Waals surface area contributed by atoms with Gasteiger partial charge in [-0.1, -0.05) is 47.5 Å². The summed E-state index contributed by atoms with van der Waals surface area (Å²) in [5.41, 5.74) is 3.97. The smallest absolute Gasteiger partial charge is 0.254 e. The van der Waals surface area contributed by atoms with Gasteiger partial charge in [0.05, 0.1) is 0 Å². The quantitative estimate of drug-likeness (QED) is 0.840. The Bertz CT molecular complexity index is 828. The van der Waals surface area contributed by atoms with Gasteiger partial charge in [0.1, 0.15) is 0 Å². The van der Waals surface area contributed by atoms with Gasteiger partial charge in [0.2, 0.25) is 5.91 Å². The number of carbonyl (C=O) groups excluding carboxylic acids is 2. The first-order chi connectivity index (χ1) is 13.5. The molecule has 1 heterocycles. The molecule has 0 bridgehead atoms. The first kappa shape index (κ1) is 20.1. The maximum absolute atomic E-state index is 13.2. The largest absolute Gasteiger partial charge is 0.340 e. The van der Waals surface area contributed by atoms with Crippen molar-refractivity contribution in [3.63, 3.8) is 0 Å². The van der Waals surface area contributed by atoms with Crippen LogP contribution < -0.4 is 5.32 Å². The van der Waals surface area contributed by atoms with Gasteiger partial charge in [-0.3, -0.25) is 9.59 Å². The molecule has 0 aromatic heterocycles. The molecule has 5 nitrogen and oxygen atoms in total. The first-order valence-corrected chi connectivity index (χ1v) is 9.93. The van der Waals surface area contributed by atoms with Crippen molar-refractivity contribution in [2.24, 2.45) is 0 Å². The lowest BCUT2D eigenvalue weighted by molar-refractivity contribution is -0.132. The van der Waals surface area contributed by atoms with Crippen molar-refractivity contribution in [2.75, 3.05) is 32.7 Å². The lowest BCUT2D eigenvalue weighted by Crippen LogP contribution is -2.47. The Kier molecular flexibility index (Phi) is 6.82. The third-order valence-corrected chi connectivity index (χ3v) is 5.07. The summed E-state index contributed by atoms with van der Waals surface area (Å²) in [6.45, 7) is 8.10. The van der Waals surface area contributed by atoms with E-state index in [9.17, 15) is 9.59 Å². The summed E-state index contributed by atoms with van der Waals surface area (Å²) in [7, 11) is 0. The van der Waals surface area contributed by atoms with Crippen LogP contribution in [0.25, 0.3) is 0 Å².